The molecule has 2 rings (SSSR count). The van der Waals surface area contributed by atoms with Crippen molar-refractivity contribution in [2.24, 2.45) is 0 Å². The van der Waals surface area contributed by atoms with Crippen molar-refractivity contribution in [3.8, 4) is 0 Å². The molecule has 84 valence electrons. The summed E-state index contributed by atoms with van der Waals surface area (Å²) >= 11 is 11.2. The van der Waals surface area contributed by atoms with E-state index in [0.717, 1.165) is 8.95 Å². The Morgan fingerprint density at radius 3 is 1.06 bits per heavy atom. The molecule has 0 saturated heterocycles. The standard InChI is InChI=1S/C6H4Br2.C6H4I2/c2*7-5-1-2-6(8)4-3-5/h2*1-4H. The molecule has 0 radical (unpaired) electrons. The van der Waals surface area contributed by atoms with E-state index in [-0.39, 0.29) is 0 Å². The van der Waals surface area contributed by atoms with E-state index in [9.17, 15) is 0 Å². The smallest absolute Gasteiger partial charge is 0.0176 e. The Balaban J connectivity index is 0.000000160. The van der Waals surface area contributed by atoms with Crippen molar-refractivity contribution in [3.05, 3.63) is 64.6 Å². The molecule has 4 heteroatoms. The Bertz CT molecular complexity index is 338. The number of halogens is 4. The molecule has 0 bridgehead atoms. The fraction of sp³-hybridized carbons (Fsp3) is 0. The number of rotatable bonds is 0. The summed E-state index contributed by atoms with van der Waals surface area (Å²) in [5.74, 6) is 0. The second kappa shape index (κ2) is 8.05. The van der Waals surface area contributed by atoms with Gasteiger partial charge in [0.25, 0.3) is 0 Å². The van der Waals surface area contributed by atoms with Gasteiger partial charge in [-0.3, -0.25) is 0 Å². The number of benzene rings is 2. The number of hydrogen-bond acceptors (Lipinski definition) is 0. The predicted molar refractivity (Wildman–Crippen MR) is 93.7 cm³/mol. The maximum Gasteiger partial charge on any atom is 0.0176 e. The Labute approximate surface area is 140 Å². The monoisotopic (exact) mass is 564 g/mol. The molecule has 0 atom stereocenters. The van der Waals surface area contributed by atoms with Crippen LogP contribution in [0.2, 0.25) is 0 Å². The lowest BCUT2D eigenvalue weighted by atomic mass is 10.4. The highest BCUT2D eigenvalue weighted by Gasteiger charge is 1.83. The normalized spacial score (nSPS) is 9.25. The highest BCUT2D eigenvalue weighted by atomic mass is 127. The molecule has 2 aromatic carbocycles. The zero-order valence-corrected chi connectivity index (χ0v) is 15.6. The van der Waals surface area contributed by atoms with Crippen LogP contribution >= 0.6 is 77.0 Å². The summed E-state index contributed by atoms with van der Waals surface area (Å²) in [7, 11) is 0. The van der Waals surface area contributed by atoms with Crippen molar-refractivity contribution in [3.63, 3.8) is 0 Å². The van der Waals surface area contributed by atoms with Crippen molar-refractivity contribution in [1.82, 2.24) is 0 Å². The fourth-order valence-electron chi connectivity index (χ4n) is 0.859. The van der Waals surface area contributed by atoms with Crippen LogP contribution in [-0.2, 0) is 0 Å². The summed E-state index contributed by atoms with van der Waals surface area (Å²) in [6.45, 7) is 0. The van der Waals surface area contributed by atoms with Gasteiger partial charge in [-0.25, -0.2) is 0 Å². The van der Waals surface area contributed by atoms with Crippen LogP contribution in [0.25, 0.3) is 0 Å². The summed E-state index contributed by atoms with van der Waals surface area (Å²) in [4.78, 5) is 0. The predicted octanol–water partition coefficient (Wildman–Crippen LogP) is 6.11. The molecule has 16 heavy (non-hydrogen) atoms. The van der Waals surface area contributed by atoms with Gasteiger partial charge in [-0.05, 0) is 93.7 Å². The van der Waals surface area contributed by atoms with Crippen LogP contribution in [0.15, 0.2) is 57.5 Å². The Hall–Kier alpha value is 0.860. The lowest BCUT2D eigenvalue weighted by Gasteiger charge is -1.87. The van der Waals surface area contributed by atoms with E-state index in [0.29, 0.717) is 0 Å². The van der Waals surface area contributed by atoms with Crippen LogP contribution in [0.1, 0.15) is 0 Å². The zero-order chi connectivity index (χ0) is 12.0. The number of hydrogen-bond donors (Lipinski definition) is 0. The van der Waals surface area contributed by atoms with Gasteiger partial charge >= 0.3 is 0 Å². The molecule has 0 unspecified atom stereocenters. The van der Waals surface area contributed by atoms with Crippen molar-refractivity contribution in [2.75, 3.05) is 0 Å². The molecule has 0 spiro atoms. The highest BCUT2D eigenvalue weighted by molar-refractivity contribution is 14.1. The molecular weight excluding hydrogens is 558 g/mol. The van der Waals surface area contributed by atoms with Gasteiger partial charge < -0.3 is 0 Å². The average molecular weight is 566 g/mol. The van der Waals surface area contributed by atoms with Crippen LogP contribution in [-0.4, -0.2) is 0 Å². The van der Waals surface area contributed by atoms with Crippen LogP contribution < -0.4 is 0 Å². The highest BCUT2D eigenvalue weighted by Crippen LogP contribution is 2.14. The Kier molecular flexibility index (Phi) is 7.50. The van der Waals surface area contributed by atoms with Gasteiger partial charge in [0.2, 0.25) is 0 Å². The van der Waals surface area contributed by atoms with E-state index in [4.69, 9.17) is 0 Å². The first-order valence-electron chi connectivity index (χ1n) is 4.40. The van der Waals surface area contributed by atoms with E-state index in [1.807, 2.05) is 24.3 Å². The zero-order valence-electron chi connectivity index (χ0n) is 8.13. The minimum atomic E-state index is 1.11. The van der Waals surface area contributed by atoms with Crippen LogP contribution in [0.5, 0.6) is 0 Å². The van der Waals surface area contributed by atoms with Gasteiger partial charge in [0, 0.05) is 16.1 Å². The van der Waals surface area contributed by atoms with Crippen LogP contribution in [0.3, 0.4) is 0 Å². The first kappa shape index (κ1) is 14.9. The van der Waals surface area contributed by atoms with Gasteiger partial charge in [0.1, 0.15) is 0 Å². The Morgan fingerprint density at radius 2 is 0.812 bits per heavy atom. The molecule has 0 heterocycles. The average Bonchev–Trinajstić information content (AvgIpc) is 2.28. The lowest BCUT2D eigenvalue weighted by molar-refractivity contribution is 1.60. The third-order valence-corrected chi connectivity index (χ3v) is 4.10. The molecule has 0 aliphatic heterocycles. The van der Waals surface area contributed by atoms with E-state index in [1.54, 1.807) is 0 Å². The summed E-state index contributed by atoms with van der Waals surface area (Å²) < 4.78 is 4.81. The largest absolute Gasteiger partial charge is 0.0508 e. The SMILES string of the molecule is Brc1ccc(Br)cc1.Ic1ccc(I)cc1. The molecule has 2 aromatic rings. The molecule has 0 fully saturated rings. The molecule has 0 aliphatic carbocycles. The van der Waals surface area contributed by atoms with Crippen molar-refractivity contribution < 1.29 is 0 Å². The first-order chi connectivity index (χ1) is 7.58. The molecule has 0 saturated carbocycles. The van der Waals surface area contributed by atoms with E-state index < -0.39 is 0 Å². The lowest BCUT2D eigenvalue weighted by Crippen LogP contribution is -1.68. The summed E-state index contributed by atoms with van der Waals surface area (Å²) in [5, 5.41) is 0. The van der Waals surface area contributed by atoms with E-state index in [1.165, 1.54) is 7.14 Å². The molecule has 0 nitrogen and oxygen atoms in total. The minimum Gasteiger partial charge on any atom is -0.0508 e. The topological polar surface area (TPSA) is 0 Å². The van der Waals surface area contributed by atoms with Gasteiger partial charge in [0.05, 0.1) is 0 Å². The maximum atomic E-state index is 3.32. The first-order valence-corrected chi connectivity index (χ1v) is 8.14. The van der Waals surface area contributed by atoms with Crippen molar-refractivity contribution in [1.29, 1.82) is 0 Å². The molecule has 0 aliphatic rings. The fourth-order valence-corrected chi connectivity index (χ4v) is 2.11. The van der Waals surface area contributed by atoms with Gasteiger partial charge in [-0.2, -0.15) is 0 Å². The maximum absolute atomic E-state index is 3.32. The second-order valence-corrected chi connectivity index (χ2v) is 7.20. The minimum absolute atomic E-state index is 1.11. The molecule has 0 N–H and O–H groups in total. The van der Waals surface area contributed by atoms with E-state index >= 15 is 0 Å². The van der Waals surface area contributed by atoms with Crippen LogP contribution in [0, 0.1) is 7.14 Å². The summed E-state index contributed by atoms with van der Waals surface area (Å²) in [6, 6.07) is 16.4. The molecular formula is C12H8Br2I2. The third kappa shape index (κ3) is 6.56. The van der Waals surface area contributed by atoms with E-state index in [2.05, 4.69) is 101 Å². The van der Waals surface area contributed by atoms with Crippen molar-refractivity contribution >= 4 is 77.0 Å². The van der Waals surface area contributed by atoms with Gasteiger partial charge in [0.15, 0.2) is 0 Å². The molecule has 0 aromatic heterocycles. The van der Waals surface area contributed by atoms with Gasteiger partial charge in [-0.1, -0.05) is 31.9 Å². The van der Waals surface area contributed by atoms with Gasteiger partial charge in [-0.15, -0.1) is 0 Å². The summed E-state index contributed by atoms with van der Waals surface area (Å²) in [6.07, 6.45) is 0. The second-order valence-electron chi connectivity index (χ2n) is 2.87. The quantitative estimate of drug-likeness (QED) is 0.338. The molecule has 0 amide bonds. The Morgan fingerprint density at radius 1 is 0.562 bits per heavy atom. The van der Waals surface area contributed by atoms with Crippen molar-refractivity contribution in [2.45, 2.75) is 0 Å². The van der Waals surface area contributed by atoms with Crippen LogP contribution in [0.4, 0.5) is 0 Å². The summed E-state index contributed by atoms with van der Waals surface area (Å²) in [5.41, 5.74) is 0. The third-order valence-electron chi connectivity index (χ3n) is 1.61.